The Morgan fingerprint density at radius 3 is 2.43 bits per heavy atom. The molecule has 1 atom stereocenters. The van der Waals surface area contributed by atoms with Crippen molar-refractivity contribution >= 4 is 11.6 Å². The first kappa shape index (κ1) is 12.6. The molecule has 2 aromatic carbocycles. The van der Waals surface area contributed by atoms with Crippen LogP contribution in [0.3, 0.4) is 0 Å². The topological polar surface area (TPSA) is 20.3 Å². The van der Waals surface area contributed by atoms with Crippen LogP contribution in [-0.4, -0.2) is 11.9 Å². The molecule has 0 saturated heterocycles. The van der Waals surface area contributed by atoms with Gasteiger partial charge in [0.05, 0.1) is 5.41 Å². The predicted octanol–water partition coefficient (Wildman–Crippen LogP) is 3.70. The Morgan fingerprint density at radius 1 is 1.05 bits per heavy atom. The molecule has 2 aromatic rings. The van der Waals surface area contributed by atoms with Crippen molar-refractivity contribution < 1.29 is 4.79 Å². The molecule has 1 fully saturated rings. The fourth-order valence-electron chi connectivity index (χ4n) is 3.61. The van der Waals surface area contributed by atoms with Gasteiger partial charge in [0, 0.05) is 11.7 Å². The van der Waals surface area contributed by atoms with Crippen LogP contribution in [0.1, 0.15) is 30.9 Å². The van der Waals surface area contributed by atoms with Crippen LogP contribution in [-0.2, 0) is 16.6 Å². The lowest BCUT2D eigenvalue weighted by molar-refractivity contribution is -0.121. The minimum atomic E-state index is -0.271. The van der Waals surface area contributed by atoms with Crippen LogP contribution in [0.5, 0.6) is 0 Å². The van der Waals surface area contributed by atoms with Gasteiger partial charge in [-0.1, -0.05) is 48.5 Å². The minimum absolute atomic E-state index is 0.260. The summed E-state index contributed by atoms with van der Waals surface area (Å²) < 4.78 is 0. The van der Waals surface area contributed by atoms with Gasteiger partial charge >= 0.3 is 0 Å². The Balaban J connectivity index is 1.73. The van der Waals surface area contributed by atoms with E-state index in [9.17, 15) is 4.79 Å². The summed E-state index contributed by atoms with van der Waals surface area (Å²) in [7, 11) is 0. The van der Waals surface area contributed by atoms with Crippen molar-refractivity contribution in [2.75, 3.05) is 4.90 Å². The molecule has 0 spiro atoms. The van der Waals surface area contributed by atoms with Crippen molar-refractivity contribution in [3.63, 3.8) is 0 Å². The van der Waals surface area contributed by atoms with Crippen LogP contribution in [0.4, 0.5) is 5.69 Å². The molecule has 0 unspecified atom stereocenters. The number of nitrogens with zero attached hydrogens (tertiary/aromatic N) is 1. The van der Waals surface area contributed by atoms with Crippen LogP contribution in [0.25, 0.3) is 0 Å². The van der Waals surface area contributed by atoms with E-state index >= 15 is 0 Å². The Kier molecular flexibility index (Phi) is 2.68. The summed E-state index contributed by atoms with van der Waals surface area (Å²) in [4.78, 5) is 15.3. The van der Waals surface area contributed by atoms with Gasteiger partial charge in [-0.2, -0.15) is 0 Å². The highest BCUT2D eigenvalue weighted by atomic mass is 16.2. The molecule has 1 amide bonds. The first-order chi connectivity index (χ1) is 10.2. The molecule has 0 radical (unpaired) electrons. The number of carbonyl (C=O) groups excluding carboxylic acids is 1. The van der Waals surface area contributed by atoms with Crippen molar-refractivity contribution in [2.24, 2.45) is 0 Å². The average molecular weight is 277 g/mol. The molecule has 0 bridgehead atoms. The molecule has 0 N–H and O–H groups in total. The lowest BCUT2D eigenvalue weighted by Gasteiger charge is -2.28. The summed E-state index contributed by atoms with van der Waals surface area (Å²) >= 11 is 0. The zero-order valence-corrected chi connectivity index (χ0v) is 12.3. The van der Waals surface area contributed by atoms with E-state index < -0.39 is 0 Å². The van der Waals surface area contributed by atoms with Crippen LogP contribution in [0.2, 0.25) is 0 Å². The van der Waals surface area contributed by atoms with Crippen LogP contribution in [0, 0.1) is 0 Å². The first-order valence-electron chi connectivity index (χ1n) is 7.69. The standard InChI is InChI=1S/C19H19NO/c1-14-13-15-7-5-6-10-17(15)20(14)18(21)19(11-12-19)16-8-3-2-4-9-16/h2-10,14H,11-13H2,1H3/t14-/m1/s1. The molecule has 106 valence electrons. The zero-order valence-electron chi connectivity index (χ0n) is 12.3. The van der Waals surface area contributed by atoms with Gasteiger partial charge < -0.3 is 4.90 Å². The number of rotatable bonds is 2. The maximum absolute atomic E-state index is 13.2. The monoisotopic (exact) mass is 277 g/mol. The quantitative estimate of drug-likeness (QED) is 0.819. The van der Waals surface area contributed by atoms with Crippen LogP contribution < -0.4 is 4.90 Å². The molecule has 2 nitrogen and oxygen atoms in total. The van der Waals surface area contributed by atoms with E-state index in [0.29, 0.717) is 0 Å². The van der Waals surface area contributed by atoms with E-state index in [2.05, 4.69) is 37.3 Å². The minimum Gasteiger partial charge on any atom is -0.308 e. The molecule has 1 saturated carbocycles. The molecule has 4 rings (SSSR count). The van der Waals surface area contributed by atoms with Gasteiger partial charge in [-0.25, -0.2) is 0 Å². The lowest BCUT2D eigenvalue weighted by atomic mass is 9.94. The van der Waals surface area contributed by atoms with E-state index in [1.54, 1.807) is 0 Å². The second-order valence-corrected chi connectivity index (χ2v) is 6.31. The third kappa shape index (κ3) is 1.82. The summed E-state index contributed by atoms with van der Waals surface area (Å²) in [5.41, 5.74) is 3.30. The molecule has 21 heavy (non-hydrogen) atoms. The van der Waals surface area contributed by atoms with Crippen molar-refractivity contribution in [1.82, 2.24) is 0 Å². The molecule has 1 aliphatic carbocycles. The zero-order chi connectivity index (χ0) is 14.4. The summed E-state index contributed by atoms with van der Waals surface area (Å²) in [5.74, 6) is 0.283. The number of amides is 1. The van der Waals surface area contributed by atoms with E-state index in [0.717, 1.165) is 24.9 Å². The van der Waals surface area contributed by atoms with Gasteiger partial charge in [0.1, 0.15) is 0 Å². The van der Waals surface area contributed by atoms with E-state index in [-0.39, 0.29) is 17.4 Å². The van der Waals surface area contributed by atoms with Gasteiger partial charge in [-0.15, -0.1) is 0 Å². The fraction of sp³-hybridized carbons (Fsp3) is 0.316. The van der Waals surface area contributed by atoms with E-state index in [1.807, 2.05) is 29.2 Å². The van der Waals surface area contributed by atoms with Gasteiger partial charge in [-0.3, -0.25) is 4.79 Å². The molecule has 0 aromatic heterocycles. The largest absolute Gasteiger partial charge is 0.308 e. The number of hydrogen-bond donors (Lipinski definition) is 0. The Bertz CT molecular complexity index is 688. The van der Waals surface area contributed by atoms with Gasteiger partial charge in [0.15, 0.2) is 0 Å². The van der Waals surface area contributed by atoms with Crippen molar-refractivity contribution in [1.29, 1.82) is 0 Å². The smallest absolute Gasteiger partial charge is 0.237 e. The van der Waals surface area contributed by atoms with Crippen molar-refractivity contribution in [3.05, 3.63) is 65.7 Å². The number of fused-ring (bicyclic) bond motifs is 1. The highest BCUT2D eigenvalue weighted by Gasteiger charge is 2.54. The average Bonchev–Trinajstić information content (AvgIpc) is 3.25. The number of benzene rings is 2. The Labute approximate surface area is 125 Å². The van der Waals surface area contributed by atoms with Gasteiger partial charge in [0.2, 0.25) is 5.91 Å². The Hall–Kier alpha value is -2.09. The van der Waals surface area contributed by atoms with Gasteiger partial charge in [-0.05, 0) is 43.4 Å². The highest BCUT2D eigenvalue weighted by Crippen LogP contribution is 2.51. The molecular weight excluding hydrogens is 258 g/mol. The van der Waals surface area contributed by atoms with E-state index in [4.69, 9.17) is 0 Å². The van der Waals surface area contributed by atoms with Crippen LogP contribution >= 0.6 is 0 Å². The number of hydrogen-bond acceptors (Lipinski definition) is 1. The number of para-hydroxylation sites is 1. The normalized spacial score (nSPS) is 22.0. The maximum Gasteiger partial charge on any atom is 0.237 e. The highest BCUT2D eigenvalue weighted by molar-refractivity contribution is 6.05. The Morgan fingerprint density at radius 2 is 1.71 bits per heavy atom. The van der Waals surface area contributed by atoms with Gasteiger partial charge in [0.25, 0.3) is 0 Å². The predicted molar refractivity (Wildman–Crippen MR) is 84.4 cm³/mol. The molecular formula is C19H19NO. The third-order valence-corrected chi connectivity index (χ3v) is 4.91. The number of anilines is 1. The van der Waals surface area contributed by atoms with E-state index in [1.165, 1.54) is 11.1 Å². The SMILES string of the molecule is C[C@@H]1Cc2ccccc2N1C(=O)C1(c2ccccc2)CC1. The molecule has 1 aliphatic heterocycles. The van der Waals surface area contributed by atoms with Crippen molar-refractivity contribution in [2.45, 2.75) is 37.6 Å². The summed E-state index contributed by atoms with van der Waals surface area (Å²) in [6.07, 6.45) is 2.91. The molecule has 2 aliphatic rings. The molecule has 1 heterocycles. The second-order valence-electron chi connectivity index (χ2n) is 6.31. The maximum atomic E-state index is 13.2. The molecule has 2 heteroatoms. The lowest BCUT2D eigenvalue weighted by Crippen LogP contribution is -2.42. The third-order valence-electron chi connectivity index (χ3n) is 4.91. The summed E-state index contributed by atoms with van der Waals surface area (Å²) in [6, 6.07) is 18.8. The van der Waals surface area contributed by atoms with Crippen LogP contribution in [0.15, 0.2) is 54.6 Å². The number of carbonyl (C=O) groups is 1. The first-order valence-corrected chi connectivity index (χ1v) is 7.69. The second kappa shape index (κ2) is 4.45. The van der Waals surface area contributed by atoms with Crippen molar-refractivity contribution in [3.8, 4) is 0 Å². The summed E-state index contributed by atoms with van der Waals surface area (Å²) in [5, 5.41) is 0. The fourth-order valence-corrected chi connectivity index (χ4v) is 3.61. The summed E-state index contributed by atoms with van der Waals surface area (Å²) in [6.45, 7) is 2.15.